The summed E-state index contributed by atoms with van der Waals surface area (Å²) in [5, 5.41) is 31.5. The molecule has 1 heterocycles. The lowest BCUT2D eigenvalue weighted by molar-refractivity contribution is -0.147. The van der Waals surface area contributed by atoms with Crippen molar-refractivity contribution in [1.29, 1.82) is 0 Å². The van der Waals surface area contributed by atoms with E-state index < -0.39 is 30.3 Å². The molecule has 2 aromatic carbocycles. The second kappa shape index (κ2) is 10.5. The molecule has 0 radical (unpaired) electrons. The highest BCUT2D eigenvalue weighted by Gasteiger charge is 2.33. The van der Waals surface area contributed by atoms with Gasteiger partial charge in [0.05, 0.1) is 6.10 Å². The number of carbonyl (C=O) groups excluding carboxylic acids is 1. The molecule has 0 aromatic heterocycles. The molecule has 0 bridgehead atoms. The van der Waals surface area contributed by atoms with Crippen LogP contribution in [0, 0.1) is 0 Å². The molecule has 8 heteroatoms. The first-order valence-corrected chi connectivity index (χ1v) is 10.4. The second-order valence-electron chi connectivity index (χ2n) is 7.99. The third kappa shape index (κ3) is 6.35. The number of amides is 1. The van der Waals surface area contributed by atoms with Crippen LogP contribution in [0.3, 0.4) is 0 Å². The first kappa shape index (κ1) is 22.9. The fourth-order valence-electron chi connectivity index (χ4n) is 3.68. The quantitative estimate of drug-likeness (QED) is 0.349. The minimum atomic E-state index is -1.58. The van der Waals surface area contributed by atoms with E-state index in [0.29, 0.717) is 12.8 Å². The number of carboxylic acid groups (broad SMARTS) is 1. The van der Waals surface area contributed by atoms with Crippen molar-refractivity contribution in [3.8, 4) is 11.1 Å². The van der Waals surface area contributed by atoms with E-state index in [1.165, 1.54) is 0 Å². The van der Waals surface area contributed by atoms with Crippen LogP contribution in [0.4, 0.5) is 0 Å². The third-order valence-corrected chi connectivity index (χ3v) is 5.51. The van der Waals surface area contributed by atoms with Gasteiger partial charge >= 0.3 is 5.97 Å². The largest absolute Gasteiger partial charge is 0.479 e. The van der Waals surface area contributed by atoms with Crippen molar-refractivity contribution in [2.45, 2.75) is 56.5 Å². The smallest absolute Gasteiger partial charge is 0.332 e. The topological polar surface area (TPSA) is 131 Å². The summed E-state index contributed by atoms with van der Waals surface area (Å²) in [6, 6.07) is 16.4. The van der Waals surface area contributed by atoms with E-state index in [1.807, 2.05) is 54.6 Å². The van der Waals surface area contributed by atoms with E-state index in [9.17, 15) is 19.8 Å². The summed E-state index contributed by atoms with van der Waals surface area (Å²) < 4.78 is 0. The summed E-state index contributed by atoms with van der Waals surface area (Å²) in [5.41, 5.74) is 8.81. The maximum absolute atomic E-state index is 12.7. The average molecular weight is 428 g/mol. The van der Waals surface area contributed by atoms with E-state index in [-0.39, 0.29) is 18.4 Å². The van der Waals surface area contributed by atoms with Crippen molar-refractivity contribution in [2.75, 3.05) is 0 Å². The molecule has 31 heavy (non-hydrogen) atoms. The molecule has 166 valence electrons. The molecule has 2 aromatic rings. The zero-order valence-electron chi connectivity index (χ0n) is 17.4. The predicted octanol–water partition coefficient (Wildman–Crippen LogP) is 0.832. The zero-order chi connectivity index (χ0) is 22.4. The van der Waals surface area contributed by atoms with Crippen molar-refractivity contribution in [2.24, 2.45) is 0 Å². The van der Waals surface area contributed by atoms with Crippen LogP contribution in [0.2, 0.25) is 0 Å². The van der Waals surface area contributed by atoms with Gasteiger partial charge in [-0.15, -0.1) is 0 Å². The third-order valence-electron chi connectivity index (χ3n) is 5.51. The number of carbonyl (C=O) groups is 2. The number of hydrogen-bond acceptors (Lipinski definition) is 6. The van der Waals surface area contributed by atoms with E-state index in [2.05, 4.69) is 16.2 Å². The maximum atomic E-state index is 12.7. The first-order valence-electron chi connectivity index (χ1n) is 10.4. The number of carboxylic acids is 1. The fourth-order valence-corrected chi connectivity index (χ4v) is 3.68. The van der Waals surface area contributed by atoms with Gasteiger partial charge in [-0.1, -0.05) is 54.6 Å². The number of hydrogen-bond donors (Lipinski definition) is 6. The first-order chi connectivity index (χ1) is 14.8. The van der Waals surface area contributed by atoms with Crippen LogP contribution in [-0.4, -0.2) is 57.5 Å². The summed E-state index contributed by atoms with van der Waals surface area (Å²) in [7, 11) is 0. The Balaban J connectivity index is 1.67. The van der Waals surface area contributed by atoms with Crippen LogP contribution in [0.15, 0.2) is 54.6 Å². The number of nitrogens with one attached hydrogen (secondary N) is 3. The fraction of sp³-hybridized carbons (Fsp3) is 0.391. The maximum Gasteiger partial charge on any atom is 0.332 e. The molecule has 8 nitrogen and oxygen atoms in total. The van der Waals surface area contributed by atoms with Crippen LogP contribution < -0.4 is 16.2 Å². The van der Waals surface area contributed by atoms with Crippen LogP contribution in [0.1, 0.15) is 25.3 Å². The van der Waals surface area contributed by atoms with Crippen molar-refractivity contribution in [1.82, 2.24) is 16.2 Å². The number of benzene rings is 2. The van der Waals surface area contributed by atoms with Gasteiger partial charge in [-0.05, 0) is 36.5 Å². The Morgan fingerprint density at radius 3 is 2.26 bits per heavy atom. The Morgan fingerprint density at radius 2 is 1.68 bits per heavy atom. The average Bonchev–Trinajstić information content (AvgIpc) is 3.25. The van der Waals surface area contributed by atoms with Gasteiger partial charge in [0.2, 0.25) is 5.91 Å². The van der Waals surface area contributed by atoms with Crippen LogP contribution in [-0.2, 0) is 16.0 Å². The summed E-state index contributed by atoms with van der Waals surface area (Å²) in [5.74, 6) is -1.63. The molecule has 0 spiro atoms. The van der Waals surface area contributed by atoms with E-state index in [4.69, 9.17) is 5.11 Å². The van der Waals surface area contributed by atoms with E-state index in [1.54, 1.807) is 6.92 Å². The van der Waals surface area contributed by atoms with Crippen molar-refractivity contribution >= 4 is 11.9 Å². The summed E-state index contributed by atoms with van der Waals surface area (Å²) in [6.45, 7) is 1.64. The van der Waals surface area contributed by atoms with Crippen LogP contribution in [0.5, 0.6) is 0 Å². The number of hydrazine groups is 1. The highest BCUT2D eigenvalue weighted by atomic mass is 16.4. The minimum absolute atomic E-state index is 0.110. The van der Waals surface area contributed by atoms with Gasteiger partial charge in [-0.2, -0.15) is 0 Å². The monoisotopic (exact) mass is 427 g/mol. The van der Waals surface area contributed by atoms with Gasteiger partial charge in [0.15, 0.2) is 6.10 Å². The van der Waals surface area contributed by atoms with Crippen LogP contribution >= 0.6 is 0 Å². The Bertz CT molecular complexity index is 873. The van der Waals surface area contributed by atoms with Crippen molar-refractivity contribution < 1.29 is 24.9 Å². The molecule has 1 aliphatic heterocycles. The number of aliphatic hydroxyl groups excluding tert-OH is 2. The molecular formula is C23H29N3O5. The summed E-state index contributed by atoms with van der Waals surface area (Å²) >= 11 is 0. The molecule has 1 aliphatic rings. The second-order valence-corrected chi connectivity index (χ2v) is 7.99. The van der Waals surface area contributed by atoms with E-state index >= 15 is 0 Å². The number of aliphatic carboxylic acids is 1. The van der Waals surface area contributed by atoms with Gasteiger partial charge in [-0.3, -0.25) is 10.2 Å². The van der Waals surface area contributed by atoms with Gasteiger partial charge in [0.25, 0.3) is 0 Å². The SMILES string of the molecule is C[C@H](O)C1CC(C(=O)N[C@H](Cc2ccc(-c3ccccc3)cc2)C[C@@H](O)C(=O)O)NN1. The Labute approximate surface area is 181 Å². The normalized spacial score (nSPS) is 21.3. The molecule has 0 saturated carbocycles. The van der Waals surface area contributed by atoms with Gasteiger partial charge in [0.1, 0.15) is 6.04 Å². The molecule has 2 unspecified atom stereocenters. The van der Waals surface area contributed by atoms with Gasteiger partial charge < -0.3 is 20.6 Å². The van der Waals surface area contributed by atoms with Gasteiger partial charge in [-0.25, -0.2) is 10.2 Å². The molecule has 1 fully saturated rings. The van der Waals surface area contributed by atoms with Crippen molar-refractivity contribution in [3.05, 3.63) is 60.2 Å². The highest BCUT2D eigenvalue weighted by molar-refractivity contribution is 5.82. The Morgan fingerprint density at radius 1 is 1.03 bits per heavy atom. The highest BCUT2D eigenvalue weighted by Crippen LogP contribution is 2.20. The standard InChI is InChI=1S/C23H29N3O5/c1-14(27)19-13-20(26-25-19)22(29)24-18(12-21(28)23(30)31)11-15-7-9-17(10-8-15)16-5-3-2-4-6-16/h2-10,14,18-21,25-28H,11-13H2,1H3,(H,24,29)(H,30,31)/t14-,18+,19?,20?,21+/m0/s1. The summed E-state index contributed by atoms with van der Waals surface area (Å²) in [6.07, 6.45) is -1.51. The molecular weight excluding hydrogens is 398 g/mol. The van der Waals surface area contributed by atoms with E-state index in [0.717, 1.165) is 16.7 Å². The molecule has 3 rings (SSSR count). The molecule has 1 amide bonds. The number of aliphatic hydroxyl groups is 2. The lowest BCUT2D eigenvalue weighted by Gasteiger charge is -2.22. The number of rotatable bonds is 9. The predicted molar refractivity (Wildman–Crippen MR) is 116 cm³/mol. The zero-order valence-corrected chi connectivity index (χ0v) is 17.4. The minimum Gasteiger partial charge on any atom is -0.479 e. The molecule has 1 saturated heterocycles. The van der Waals surface area contributed by atoms with Gasteiger partial charge in [0, 0.05) is 18.5 Å². The molecule has 0 aliphatic carbocycles. The molecule has 5 atom stereocenters. The van der Waals surface area contributed by atoms with Crippen molar-refractivity contribution in [3.63, 3.8) is 0 Å². The Hall–Kier alpha value is -2.78. The summed E-state index contributed by atoms with van der Waals surface area (Å²) in [4.78, 5) is 23.8. The molecule has 6 N–H and O–H groups in total. The van der Waals surface area contributed by atoms with Crippen LogP contribution in [0.25, 0.3) is 11.1 Å². The lowest BCUT2D eigenvalue weighted by Crippen LogP contribution is -2.49. The Kier molecular flexibility index (Phi) is 7.75. The lowest BCUT2D eigenvalue weighted by atomic mass is 9.97.